The first kappa shape index (κ1) is 18.0. The minimum atomic E-state index is 0.191. The lowest BCUT2D eigenvalue weighted by atomic mass is 9.97. The third kappa shape index (κ3) is 3.70. The maximum absolute atomic E-state index is 13.2. The molecular formula is C18H27N3OS2. The molecule has 2 aromatic rings. The first-order valence-electron chi connectivity index (χ1n) is 8.94. The van der Waals surface area contributed by atoms with E-state index in [9.17, 15) is 4.79 Å². The molecule has 0 spiro atoms. The summed E-state index contributed by atoms with van der Waals surface area (Å²) in [6.07, 6.45) is 6.68. The Kier molecular flexibility index (Phi) is 6.00. The van der Waals surface area contributed by atoms with E-state index in [0.29, 0.717) is 0 Å². The van der Waals surface area contributed by atoms with Gasteiger partial charge in [-0.2, -0.15) is 0 Å². The maximum Gasteiger partial charge on any atom is 0.263 e. The summed E-state index contributed by atoms with van der Waals surface area (Å²) in [5, 5.41) is 1.83. The van der Waals surface area contributed by atoms with E-state index < -0.39 is 0 Å². The van der Waals surface area contributed by atoms with Crippen molar-refractivity contribution in [2.75, 3.05) is 26.4 Å². The lowest BCUT2D eigenvalue weighted by molar-refractivity contribution is 0.379. The van der Waals surface area contributed by atoms with Crippen LogP contribution < -0.4 is 5.56 Å². The lowest BCUT2D eigenvalue weighted by Crippen LogP contribution is -2.26. The molecule has 0 bridgehead atoms. The Morgan fingerprint density at radius 1 is 1.29 bits per heavy atom. The van der Waals surface area contributed by atoms with Crippen molar-refractivity contribution in [2.24, 2.45) is 0 Å². The van der Waals surface area contributed by atoms with Crippen molar-refractivity contribution in [3.63, 3.8) is 0 Å². The predicted molar refractivity (Wildman–Crippen MR) is 105 cm³/mol. The van der Waals surface area contributed by atoms with Gasteiger partial charge in [-0.1, -0.05) is 18.7 Å². The van der Waals surface area contributed by atoms with Gasteiger partial charge < -0.3 is 4.90 Å². The Morgan fingerprint density at radius 3 is 2.83 bits per heavy atom. The van der Waals surface area contributed by atoms with Crippen LogP contribution in [0.15, 0.2) is 9.95 Å². The standard InChI is InChI=1S/C18H27N3OS2/c1-4-12-23-18-19-16-15(13-8-5-6-9-14(13)24-16)17(22)21(18)11-7-10-20(2)3/h4-12H2,1-3H3. The van der Waals surface area contributed by atoms with Gasteiger partial charge in [-0.3, -0.25) is 9.36 Å². The zero-order valence-corrected chi connectivity index (χ0v) is 16.6. The second-order valence-electron chi connectivity index (χ2n) is 6.75. The molecular weight excluding hydrogens is 338 g/mol. The molecule has 6 heteroatoms. The van der Waals surface area contributed by atoms with Gasteiger partial charge in [0.15, 0.2) is 5.16 Å². The smallest absolute Gasteiger partial charge is 0.263 e. The van der Waals surface area contributed by atoms with Gasteiger partial charge in [0.25, 0.3) is 5.56 Å². The number of hydrogen-bond donors (Lipinski definition) is 0. The fourth-order valence-corrected chi connectivity index (χ4v) is 5.45. The molecule has 0 fully saturated rings. The molecule has 1 aliphatic carbocycles. The van der Waals surface area contributed by atoms with Crippen LogP contribution in [0.3, 0.4) is 0 Å². The van der Waals surface area contributed by atoms with Crippen molar-refractivity contribution in [1.29, 1.82) is 0 Å². The molecule has 0 unspecified atom stereocenters. The van der Waals surface area contributed by atoms with E-state index in [0.717, 1.165) is 59.9 Å². The summed E-state index contributed by atoms with van der Waals surface area (Å²) >= 11 is 3.48. The number of aryl methyl sites for hydroxylation is 2. The number of hydrogen-bond acceptors (Lipinski definition) is 5. The van der Waals surface area contributed by atoms with Gasteiger partial charge in [-0.15, -0.1) is 11.3 Å². The minimum absolute atomic E-state index is 0.191. The predicted octanol–water partition coefficient (Wildman–Crippen LogP) is 3.79. The van der Waals surface area contributed by atoms with Gasteiger partial charge >= 0.3 is 0 Å². The topological polar surface area (TPSA) is 38.1 Å². The molecule has 0 atom stereocenters. The third-order valence-corrected chi connectivity index (χ3v) is 6.83. The highest BCUT2D eigenvalue weighted by molar-refractivity contribution is 7.99. The summed E-state index contributed by atoms with van der Waals surface area (Å²) in [5.74, 6) is 1.01. The van der Waals surface area contributed by atoms with Crippen LogP contribution in [0.5, 0.6) is 0 Å². The third-order valence-electron chi connectivity index (χ3n) is 4.46. The molecule has 3 rings (SSSR count). The fraction of sp³-hybridized carbons (Fsp3) is 0.667. The second kappa shape index (κ2) is 8.02. The quantitative estimate of drug-likeness (QED) is 0.553. The monoisotopic (exact) mass is 365 g/mol. The molecule has 132 valence electrons. The summed E-state index contributed by atoms with van der Waals surface area (Å²) in [6, 6.07) is 0. The minimum Gasteiger partial charge on any atom is -0.309 e. The Balaban J connectivity index is 2.03. The normalized spacial score (nSPS) is 14.5. The van der Waals surface area contributed by atoms with Crippen molar-refractivity contribution >= 4 is 33.3 Å². The highest BCUT2D eigenvalue weighted by Crippen LogP contribution is 2.34. The SMILES string of the molecule is CCCSc1nc2sc3c(c2c(=O)n1CCCN(C)C)CCCC3. The van der Waals surface area contributed by atoms with Gasteiger partial charge in [0.2, 0.25) is 0 Å². The van der Waals surface area contributed by atoms with E-state index in [-0.39, 0.29) is 5.56 Å². The van der Waals surface area contributed by atoms with E-state index in [1.807, 2.05) is 4.57 Å². The largest absolute Gasteiger partial charge is 0.309 e. The van der Waals surface area contributed by atoms with Crippen LogP contribution in [0.1, 0.15) is 43.0 Å². The Hall–Kier alpha value is -0.850. The summed E-state index contributed by atoms with van der Waals surface area (Å²) in [6.45, 7) is 3.92. The molecule has 1 aliphatic rings. The van der Waals surface area contributed by atoms with E-state index in [2.05, 4.69) is 25.9 Å². The van der Waals surface area contributed by atoms with E-state index in [4.69, 9.17) is 4.98 Å². The van der Waals surface area contributed by atoms with Crippen LogP contribution in [0.25, 0.3) is 10.2 Å². The van der Waals surface area contributed by atoms with Crippen molar-refractivity contribution in [1.82, 2.24) is 14.5 Å². The number of fused-ring (bicyclic) bond motifs is 3. The van der Waals surface area contributed by atoms with Crippen molar-refractivity contribution in [3.8, 4) is 0 Å². The van der Waals surface area contributed by atoms with Crippen molar-refractivity contribution in [3.05, 3.63) is 20.8 Å². The molecule has 0 radical (unpaired) electrons. The zero-order chi connectivity index (χ0) is 17.1. The molecule has 2 aromatic heterocycles. The van der Waals surface area contributed by atoms with Crippen LogP contribution >= 0.6 is 23.1 Å². The van der Waals surface area contributed by atoms with Crippen LogP contribution in [0.4, 0.5) is 0 Å². The molecule has 0 amide bonds. The number of nitrogens with zero attached hydrogens (tertiary/aromatic N) is 3. The van der Waals surface area contributed by atoms with Gasteiger partial charge in [0, 0.05) is 17.2 Å². The maximum atomic E-state index is 13.2. The van der Waals surface area contributed by atoms with Crippen LogP contribution in [-0.4, -0.2) is 40.8 Å². The fourth-order valence-electron chi connectivity index (χ4n) is 3.27. The average Bonchev–Trinajstić information content (AvgIpc) is 2.93. The highest BCUT2D eigenvalue weighted by atomic mass is 32.2. The Morgan fingerprint density at radius 2 is 2.08 bits per heavy atom. The number of aromatic nitrogens is 2. The molecule has 2 heterocycles. The van der Waals surface area contributed by atoms with E-state index >= 15 is 0 Å². The molecule has 4 nitrogen and oxygen atoms in total. The van der Waals surface area contributed by atoms with E-state index in [1.54, 1.807) is 23.1 Å². The average molecular weight is 366 g/mol. The summed E-state index contributed by atoms with van der Waals surface area (Å²) in [4.78, 5) is 22.7. The molecule has 24 heavy (non-hydrogen) atoms. The highest BCUT2D eigenvalue weighted by Gasteiger charge is 2.22. The van der Waals surface area contributed by atoms with E-state index in [1.165, 1.54) is 23.3 Å². The van der Waals surface area contributed by atoms with Crippen molar-refractivity contribution in [2.45, 2.75) is 57.1 Å². The number of rotatable bonds is 7. The van der Waals surface area contributed by atoms with Crippen LogP contribution in [0.2, 0.25) is 0 Å². The lowest BCUT2D eigenvalue weighted by Gasteiger charge is -2.14. The molecule has 0 saturated heterocycles. The first-order valence-corrected chi connectivity index (χ1v) is 10.7. The second-order valence-corrected chi connectivity index (χ2v) is 8.89. The van der Waals surface area contributed by atoms with Gasteiger partial charge in [-0.25, -0.2) is 4.98 Å². The van der Waals surface area contributed by atoms with Crippen molar-refractivity contribution < 1.29 is 0 Å². The van der Waals surface area contributed by atoms with Crippen LogP contribution in [0, 0.1) is 0 Å². The molecule has 0 aliphatic heterocycles. The Labute approximate surface area is 152 Å². The number of thiophene rings is 1. The molecule has 0 aromatic carbocycles. The molecule has 0 N–H and O–H groups in total. The summed E-state index contributed by atoms with van der Waals surface area (Å²) in [5.41, 5.74) is 1.49. The first-order chi connectivity index (χ1) is 11.6. The zero-order valence-electron chi connectivity index (χ0n) is 14.9. The van der Waals surface area contributed by atoms with Crippen LogP contribution in [-0.2, 0) is 19.4 Å². The van der Waals surface area contributed by atoms with Gasteiger partial charge in [0.05, 0.1) is 5.39 Å². The van der Waals surface area contributed by atoms with Gasteiger partial charge in [-0.05, 0) is 64.7 Å². The van der Waals surface area contributed by atoms with Gasteiger partial charge in [0.1, 0.15) is 4.83 Å². The summed E-state index contributed by atoms with van der Waals surface area (Å²) in [7, 11) is 4.15. The summed E-state index contributed by atoms with van der Waals surface area (Å²) < 4.78 is 1.94. The molecule has 0 saturated carbocycles. The number of thioether (sulfide) groups is 1. The Bertz CT molecular complexity index is 764.